The van der Waals surface area contributed by atoms with Gasteiger partial charge >= 0.3 is 6.61 Å². The second-order valence-electron chi connectivity index (χ2n) is 6.32. The van der Waals surface area contributed by atoms with Gasteiger partial charge in [0, 0.05) is 44.1 Å². The third-order valence-corrected chi connectivity index (χ3v) is 5.44. The minimum absolute atomic E-state index is 0.207. The number of benzene rings is 1. The molecule has 0 saturated carbocycles. The first kappa shape index (κ1) is 18.2. The Morgan fingerprint density at radius 1 is 1.04 bits per heavy atom. The van der Waals surface area contributed by atoms with Crippen molar-refractivity contribution >= 4 is 11.3 Å². The minimum atomic E-state index is -2.77. The number of nitrogens with zero attached hydrogens (tertiary/aromatic N) is 3. The van der Waals surface area contributed by atoms with E-state index in [0.717, 1.165) is 55.5 Å². The lowest BCUT2D eigenvalue weighted by molar-refractivity contribution is -0.0498. The standard InChI is InChI=1S/C18H23F2N3OS/c1-13-17(25-14(2)21-13)12-23-9-7-22(8-10-23)11-15-3-5-16(6-4-15)24-18(19)20/h3-6,18H,7-12H2,1-2H3. The molecule has 0 aliphatic carbocycles. The van der Waals surface area contributed by atoms with Crippen LogP contribution in [0.1, 0.15) is 21.1 Å². The van der Waals surface area contributed by atoms with Gasteiger partial charge in [0.15, 0.2) is 0 Å². The van der Waals surface area contributed by atoms with E-state index in [0.29, 0.717) is 0 Å². The van der Waals surface area contributed by atoms with Crippen LogP contribution in [0.5, 0.6) is 5.75 Å². The fraction of sp³-hybridized carbons (Fsp3) is 0.500. The average Bonchev–Trinajstić information content (AvgIpc) is 2.88. The molecule has 1 aromatic carbocycles. The SMILES string of the molecule is Cc1nc(C)c(CN2CCN(Cc3ccc(OC(F)F)cc3)CC2)s1. The number of aryl methyl sites for hydroxylation is 2. The van der Waals surface area contributed by atoms with Crippen molar-refractivity contribution < 1.29 is 13.5 Å². The molecule has 0 unspecified atom stereocenters. The number of piperazine rings is 1. The minimum Gasteiger partial charge on any atom is -0.435 e. The lowest BCUT2D eigenvalue weighted by Crippen LogP contribution is -2.45. The topological polar surface area (TPSA) is 28.6 Å². The van der Waals surface area contributed by atoms with Gasteiger partial charge in [-0.3, -0.25) is 9.80 Å². The predicted octanol–water partition coefficient (Wildman–Crippen LogP) is 3.68. The molecule has 7 heteroatoms. The molecule has 1 fully saturated rings. The Kier molecular flexibility index (Phi) is 5.98. The van der Waals surface area contributed by atoms with Crippen LogP contribution in [0, 0.1) is 13.8 Å². The summed E-state index contributed by atoms with van der Waals surface area (Å²) < 4.78 is 28.7. The van der Waals surface area contributed by atoms with Gasteiger partial charge in [-0.1, -0.05) is 12.1 Å². The first-order chi connectivity index (χ1) is 12.0. The van der Waals surface area contributed by atoms with Gasteiger partial charge in [0.1, 0.15) is 5.75 Å². The molecular formula is C18H23F2N3OS. The second kappa shape index (κ2) is 8.21. The third kappa shape index (κ3) is 5.20. The van der Waals surface area contributed by atoms with Crippen LogP contribution in [0.25, 0.3) is 0 Å². The highest BCUT2D eigenvalue weighted by Gasteiger charge is 2.18. The molecule has 4 nitrogen and oxygen atoms in total. The van der Waals surface area contributed by atoms with E-state index in [1.807, 2.05) is 12.1 Å². The van der Waals surface area contributed by atoms with Gasteiger partial charge in [0.05, 0.1) is 10.7 Å². The van der Waals surface area contributed by atoms with Crippen LogP contribution in [-0.2, 0) is 13.1 Å². The fourth-order valence-electron chi connectivity index (χ4n) is 3.06. The summed E-state index contributed by atoms with van der Waals surface area (Å²) in [6.07, 6.45) is 0. The maximum absolute atomic E-state index is 12.2. The fourth-order valence-corrected chi connectivity index (χ4v) is 4.04. The number of aromatic nitrogens is 1. The Balaban J connectivity index is 1.46. The Morgan fingerprint density at radius 2 is 1.64 bits per heavy atom. The van der Waals surface area contributed by atoms with Crippen molar-refractivity contribution in [1.82, 2.24) is 14.8 Å². The normalized spacial score (nSPS) is 16.5. The number of ether oxygens (including phenoxy) is 1. The van der Waals surface area contributed by atoms with Crippen molar-refractivity contribution in [2.45, 2.75) is 33.5 Å². The summed E-state index contributed by atoms with van der Waals surface area (Å²) in [7, 11) is 0. The maximum Gasteiger partial charge on any atom is 0.387 e. The van der Waals surface area contributed by atoms with E-state index < -0.39 is 6.61 Å². The van der Waals surface area contributed by atoms with E-state index in [1.165, 1.54) is 4.88 Å². The van der Waals surface area contributed by atoms with Crippen LogP contribution in [-0.4, -0.2) is 47.6 Å². The molecule has 0 bridgehead atoms. The highest BCUT2D eigenvalue weighted by atomic mass is 32.1. The molecule has 0 amide bonds. The first-order valence-electron chi connectivity index (χ1n) is 8.41. The third-order valence-electron chi connectivity index (χ3n) is 4.39. The summed E-state index contributed by atoms with van der Waals surface area (Å²) >= 11 is 1.79. The van der Waals surface area contributed by atoms with Crippen LogP contribution in [0.4, 0.5) is 8.78 Å². The summed E-state index contributed by atoms with van der Waals surface area (Å²) in [5.74, 6) is 0.207. The summed E-state index contributed by atoms with van der Waals surface area (Å²) in [6.45, 7) is 7.24. The van der Waals surface area contributed by atoms with Gasteiger partial charge in [0.25, 0.3) is 0 Å². The quantitative estimate of drug-likeness (QED) is 0.779. The maximum atomic E-state index is 12.2. The first-order valence-corrected chi connectivity index (χ1v) is 9.22. The number of hydrogen-bond acceptors (Lipinski definition) is 5. The van der Waals surface area contributed by atoms with Gasteiger partial charge < -0.3 is 4.74 Å². The monoisotopic (exact) mass is 367 g/mol. The molecule has 0 N–H and O–H groups in total. The molecule has 2 aromatic rings. The molecule has 0 atom stereocenters. The van der Waals surface area contributed by atoms with Gasteiger partial charge in [0.2, 0.25) is 0 Å². The van der Waals surface area contributed by atoms with E-state index in [2.05, 4.69) is 33.4 Å². The lowest BCUT2D eigenvalue weighted by atomic mass is 10.2. The molecule has 1 saturated heterocycles. The summed E-state index contributed by atoms with van der Waals surface area (Å²) in [4.78, 5) is 10.7. The van der Waals surface area contributed by atoms with Gasteiger partial charge in [-0.25, -0.2) is 4.98 Å². The van der Waals surface area contributed by atoms with Crippen molar-refractivity contribution in [1.29, 1.82) is 0 Å². The lowest BCUT2D eigenvalue weighted by Gasteiger charge is -2.34. The summed E-state index contributed by atoms with van der Waals surface area (Å²) in [6, 6.07) is 6.92. The number of hydrogen-bond donors (Lipinski definition) is 0. The van der Waals surface area contributed by atoms with Crippen LogP contribution in [0.15, 0.2) is 24.3 Å². The molecule has 1 aliphatic heterocycles. The molecule has 136 valence electrons. The van der Waals surface area contributed by atoms with E-state index in [-0.39, 0.29) is 5.75 Å². The molecule has 0 spiro atoms. The van der Waals surface area contributed by atoms with Crippen LogP contribution in [0.3, 0.4) is 0 Å². The highest BCUT2D eigenvalue weighted by Crippen LogP contribution is 2.21. The van der Waals surface area contributed by atoms with E-state index in [1.54, 1.807) is 23.5 Å². The molecule has 2 heterocycles. The largest absolute Gasteiger partial charge is 0.435 e. The van der Waals surface area contributed by atoms with E-state index >= 15 is 0 Å². The average molecular weight is 367 g/mol. The van der Waals surface area contributed by atoms with Crippen LogP contribution < -0.4 is 4.74 Å². The van der Waals surface area contributed by atoms with Gasteiger partial charge in [-0.05, 0) is 31.5 Å². The highest BCUT2D eigenvalue weighted by molar-refractivity contribution is 7.11. The predicted molar refractivity (Wildman–Crippen MR) is 95.2 cm³/mol. The van der Waals surface area contributed by atoms with Gasteiger partial charge in [-0.15, -0.1) is 11.3 Å². The molecule has 0 radical (unpaired) electrons. The van der Waals surface area contributed by atoms with E-state index in [4.69, 9.17) is 0 Å². The van der Waals surface area contributed by atoms with E-state index in [9.17, 15) is 8.78 Å². The van der Waals surface area contributed by atoms with Crippen LogP contribution in [0.2, 0.25) is 0 Å². The second-order valence-corrected chi connectivity index (χ2v) is 7.60. The zero-order valence-corrected chi connectivity index (χ0v) is 15.4. The zero-order chi connectivity index (χ0) is 17.8. The van der Waals surface area contributed by atoms with Gasteiger partial charge in [-0.2, -0.15) is 8.78 Å². The smallest absolute Gasteiger partial charge is 0.387 e. The molecule has 1 aromatic heterocycles. The Bertz CT molecular complexity index is 682. The number of rotatable bonds is 6. The number of alkyl halides is 2. The zero-order valence-electron chi connectivity index (χ0n) is 14.5. The van der Waals surface area contributed by atoms with Crippen molar-refractivity contribution in [3.63, 3.8) is 0 Å². The molecule has 1 aliphatic rings. The van der Waals surface area contributed by atoms with Crippen molar-refractivity contribution in [3.05, 3.63) is 45.4 Å². The Labute approximate surface area is 151 Å². The molecule has 25 heavy (non-hydrogen) atoms. The van der Waals surface area contributed by atoms with Crippen molar-refractivity contribution in [2.24, 2.45) is 0 Å². The van der Waals surface area contributed by atoms with Crippen LogP contribution >= 0.6 is 11.3 Å². The number of thiazole rings is 1. The van der Waals surface area contributed by atoms with Crippen molar-refractivity contribution in [2.75, 3.05) is 26.2 Å². The van der Waals surface area contributed by atoms with Crippen molar-refractivity contribution in [3.8, 4) is 5.75 Å². The number of halogens is 2. The Hall–Kier alpha value is -1.57. The summed E-state index contributed by atoms with van der Waals surface area (Å²) in [5, 5.41) is 1.13. The Morgan fingerprint density at radius 3 is 2.16 bits per heavy atom. The molecule has 3 rings (SSSR count). The summed E-state index contributed by atoms with van der Waals surface area (Å²) in [5.41, 5.74) is 2.26. The molecular weight excluding hydrogens is 344 g/mol.